The van der Waals surface area contributed by atoms with Gasteiger partial charge in [0.2, 0.25) is 10.0 Å². The Morgan fingerprint density at radius 1 is 1.03 bits per heavy atom. The molecule has 0 radical (unpaired) electrons. The van der Waals surface area contributed by atoms with Gasteiger partial charge in [-0.25, -0.2) is 8.42 Å². The summed E-state index contributed by atoms with van der Waals surface area (Å²) in [4.78, 5) is 12.5. The van der Waals surface area contributed by atoms with Gasteiger partial charge in [-0.2, -0.15) is 4.31 Å². The smallest absolute Gasteiger partial charge is 0.255 e. The number of morpholine rings is 1. The number of hydrogen-bond acceptors (Lipinski definition) is 6. The van der Waals surface area contributed by atoms with E-state index in [4.69, 9.17) is 14.2 Å². The number of rotatable bonds is 7. The van der Waals surface area contributed by atoms with Crippen molar-refractivity contribution in [2.75, 3.05) is 45.8 Å². The van der Waals surface area contributed by atoms with Crippen molar-refractivity contribution in [1.29, 1.82) is 0 Å². The molecule has 2 aromatic carbocycles. The Balaban J connectivity index is 1.66. The molecule has 1 amide bonds. The summed E-state index contributed by atoms with van der Waals surface area (Å²) in [6, 6.07) is 11.6. The highest BCUT2D eigenvalue weighted by atomic mass is 32.2. The Hall–Kier alpha value is -2.62. The number of hydrogen-bond donors (Lipinski definition) is 1. The third-order valence-electron chi connectivity index (χ3n) is 4.57. The fourth-order valence-corrected chi connectivity index (χ4v) is 4.50. The quantitative estimate of drug-likeness (QED) is 0.737. The molecule has 1 N–H and O–H groups in total. The third kappa shape index (κ3) is 5.26. The molecule has 8 nitrogen and oxygen atoms in total. The van der Waals surface area contributed by atoms with Crippen molar-refractivity contribution in [1.82, 2.24) is 4.31 Å². The molecule has 156 valence electrons. The fourth-order valence-electron chi connectivity index (χ4n) is 3.00. The maximum Gasteiger partial charge on any atom is 0.255 e. The van der Waals surface area contributed by atoms with Gasteiger partial charge < -0.3 is 19.5 Å². The zero-order valence-corrected chi connectivity index (χ0v) is 17.2. The molecule has 3 rings (SSSR count). The van der Waals surface area contributed by atoms with Crippen molar-refractivity contribution in [3.05, 3.63) is 53.6 Å². The number of carbonyl (C=O) groups is 1. The van der Waals surface area contributed by atoms with Crippen LogP contribution in [0.2, 0.25) is 0 Å². The molecular weight excluding hydrogens is 396 g/mol. The Morgan fingerprint density at radius 3 is 2.31 bits per heavy atom. The van der Waals surface area contributed by atoms with Gasteiger partial charge in [-0.05, 0) is 29.8 Å². The van der Waals surface area contributed by atoms with E-state index in [0.717, 1.165) is 0 Å². The minimum Gasteiger partial charge on any atom is -0.493 e. The summed E-state index contributed by atoms with van der Waals surface area (Å²) in [6.45, 7) is 1.56. The van der Waals surface area contributed by atoms with Crippen LogP contribution in [0.15, 0.2) is 42.5 Å². The van der Waals surface area contributed by atoms with Gasteiger partial charge in [-0.15, -0.1) is 0 Å². The summed E-state index contributed by atoms with van der Waals surface area (Å²) in [5.41, 5.74) is 1.61. The Morgan fingerprint density at radius 2 is 1.69 bits per heavy atom. The fraction of sp³-hybridized carbons (Fsp3) is 0.350. The summed E-state index contributed by atoms with van der Waals surface area (Å²) in [7, 11) is -0.346. The number of nitrogens with zero attached hydrogens (tertiary/aromatic N) is 1. The number of sulfonamides is 1. The van der Waals surface area contributed by atoms with Crippen LogP contribution < -0.4 is 14.8 Å². The van der Waals surface area contributed by atoms with Crippen molar-refractivity contribution in [3.8, 4) is 11.5 Å². The van der Waals surface area contributed by atoms with E-state index in [1.54, 1.807) is 42.5 Å². The predicted octanol–water partition coefficient (Wildman–Crippen LogP) is 2.12. The maximum absolute atomic E-state index is 12.5. The van der Waals surface area contributed by atoms with Gasteiger partial charge in [-0.3, -0.25) is 4.79 Å². The number of nitrogens with one attached hydrogen (secondary N) is 1. The number of benzene rings is 2. The molecule has 9 heteroatoms. The number of carbonyl (C=O) groups excluding carboxylic acids is 1. The zero-order valence-electron chi connectivity index (χ0n) is 16.4. The molecule has 0 aromatic heterocycles. The number of methoxy groups -OCH3 is 2. The average molecular weight is 420 g/mol. The van der Waals surface area contributed by atoms with Gasteiger partial charge in [0.15, 0.2) is 11.5 Å². The number of amides is 1. The first-order chi connectivity index (χ1) is 13.9. The Labute approximate surface area is 170 Å². The van der Waals surface area contributed by atoms with Gasteiger partial charge in [0.25, 0.3) is 5.91 Å². The predicted molar refractivity (Wildman–Crippen MR) is 109 cm³/mol. The van der Waals surface area contributed by atoms with E-state index in [9.17, 15) is 13.2 Å². The molecule has 1 heterocycles. The SMILES string of the molecule is COc1ccc(NC(=O)c2ccc(CS(=O)(=O)N3CCOCC3)cc2)cc1OC. The van der Waals surface area contributed by atoms with Gasteiger partial charge in [0.1, 0.15) is 0 Å². The molecule has 29 heavy (non-hydrogen) atoms. The molecule has 1 fully saturated rings. The Kier molecular flexibility index (Phi) is 6.73. The summed E-state index contributed by atoms with van der Waals surface area (Å²) in [5, 5.41) is 2.79. The van der Waals surface area contributed by atoms with Crippen molar-refractivity contribution in [3.63, 3.8) is 0 Å². The minimum absolute atomic E-state index is 0.107. The molecule has 0 aliphatic carbocycles. The van der Waals surface area contributed by atoms with Crippen LogP contribution in [0.1, 0.15) is 15.9 Å². The zero-order chi connectivity index (χ0) is 20.9. The lowest BCUT2D eigenvalue weighted by Crippen LogP contribution is -2.41. The highest BCUT2D eigenvalue weighted by molar-refractivity contribution is 7.88. The van der Waals surface area contributed by atoms with E-state index in [1.165, 1.54) is 18.5 Å². The lowest BCUT2D eigenvalue weighted by molar-refractivity contribution is 0.0729. The summed E-state index contributed by atoms with van der Waals surface area (Å²) >= 11 is 0. The molecule has 0 bridgehead atoms. The topological polar surface area (TPSA) is 94.2 Å². The minimum atomic E-state index is -3.41. The maximum atomic E-state index is 12.5. The average Bonchev–Trinajstić information content (AvgIpc) is 2.74. The molecule has 2 aromatic rings. The highest BCUT2D eigenvalue weighted by Gasteiger charge is 2.24. The molecule has 0 atom stereocenters. The van der Waals surface area contributed by atoms with Crippen LogP contribution in [0.3, 0.4) is 0 Å². The summed E-state index contributed by atoms with van der Waals surface area (Å²) in [5.74, 6) is 0.662. The molecular formula is C20H24N2O6S. The first-order valence-corrected chi connectivity index (χ1v) is 10.7. The van der Waals surface area contributed by atoms with Crippen molar-refractivity contribution < 1.29 is 27.4 Å². The lowest BCUT2D eigenvalue weighted by atomic mass is 10.1. The highest BCUT2D eigenvalue weighted by Crippen LogP contribution is 2.30. The third-order valence-corrected chi connectivity index (χ3v) is 6.42. The summed E-state index contributed by atoms with van der Waals surface area (Å²) < 4.78 is 42.0. The largest absolute Gasteiger partial charge is 0.493 e. The van der Waals surface area contributed by atoms with Crippen molar-refractivity contribution in [2.24, 2.45) is 0 Å². The van der Waals surface area contributed by atoms with Crippen LogP contribution in [0.25, 0.3) is 0 Å². The molecule has 0 unspecified atom stereocenters. The van der Waals surface area contributed by atoms with E-state index < -0.39 is 10.0 Å². The van der Waals surface area contributed by atoms with E-state index in [1.807, 2.05) is 0 Å². The second kappa shape index (κ2) is 9.25. The van der Waals surface area contributed by atoms with Gasteiger partial charge in [-0.1, -0.05) is 12.1 Å². The summed E-state index contributed by atoms with van der Waals surface area (Å²) in [6.07, 6.45) is 0. The monoisotopic (exact) mass is 420 g/mol. The normalized spacial score (nSPS) is 15.0. The Bertz CT molecular complexity index is 953. The molecule has 1 aliphatic rings. The molecule has 1 saturated heterocycles. The van der Waals surface area contributed by atoms with Gasteiger partial charge >= 0.3 is 0 Å². The molecule has 0 spiro atoms. The van der Waals surface area contributed by atoms with Gasteiger partial charge in [0.05, 0.1) is 33.2 Å². The standard InChI is InChI=1S/C20H24N2O6S/c1-26-18-8-7-17(13-19(18)27-2)21-20(23)16-5-3-15(4-6-16)14-29(24,25)22-9-11-28-12-10-22/h3-8,13H,9-12,14H2,1-2H3,(H,21,23). The first kappa shape index (κ1) is 21.1. The van der Waals surface area contributed by atoms with E-state index in [-0.39, 0.29) is 11.7 Å². The van der Waals surface area contributed by atoms with Gasteiger partial charge in [0, 0.05) is 30.4 Å². The van der Waals surface area contributed by atoms with E-state index in [2.05, 4.69) is 5.32 Å². The van der Waals surface area contributed by atoms with Crippen LogP contribution in [-0.2, 0) is 20.5 Å². The second-order valence-electron chi connectivity index (χ2n) is 6.49. The second-order valence-corrected chi connectivity index (χ2v) is 8.46. The van der Waals surface area contributed by atoms with Crippen LogP contribution in [0.4, 0.5) is 5.69 Å². The van der Waals surface area contributed by atoms with Crippen molar-refractivity contribution in [2.45, 2.75) is 5.75 Å². The van der Waals surface area contributed by atoms with E-state index >= 15 is 0 Å². The van der Waals surface area contributed by atoms with Crippen LogP contribution in [-0.4, -0.2) is 59.2 Å². The lowest BCUT2D eigenvalue weighted by Gasteiger charge is -2.26. The van der Waals surface area contributed by atoms with E-state index in [0.29, 0.717) is 54.6 Å². The number of ether oxygens (including phenoxy) is 3. The molecule has 0 saturated carbocycles. The number of anilines is 1. The van der Waals surface area contributed by atoms with Crippen molar-refractivity contribution >= 4 is 21.6 Å². The first-order valence-electron chi connectivity index (χ1n) is 9.11. The van der Waals surface area contributed by atoms with Crippen LogP contribution in [0.5, 0.6) is 11.5 Å². The molecule has 1 aliphatic heterocycles. The van der Waals surface area contributed by atoms with Crippen LogP contribution in [0, 0.1) is 0 Å². The van der Waals surface area contributed by atoms with Crippen LogP contribution >= 0.6 is 0 Å².